The van der Waals surface area contributed by atoms with Gasteiger partial charge in [-0.25, -0.2) is 26.7 Å². The minimum absolute atomic E-state index is 0.0809. The summed E-state index contributed by atoms with van der Waals surface area (Å²) in [7, 11) is -4.00. The predicted molar refractivity (Wildman–Crippen MR) is 129 cm³/mol. The van der Waals surface area contributed by atoms with E-state index >= 15 is 0 Å². The molecule has 8 nitrogen and oxygen atoms in total. The molecular formula is C25H24FN5O3S. The third-order valence-corrected chi connectivity index (χ3v) is 7.92. The normalized spacial score (nSPS) is 16.4. The van der Waals surface area contributed by atoms with Crippen LogP contribution < -0.4 is 4.74 Å². The Labute approximate surface area is 202 Å². The molecule has 1 aromatic carbocycles. The van der Waals surface area contributed by atoms with E-state index in [2.05, 4.69) is 20.9 Å². The minimum Gasteiger partial charge on any atom is -0.487 e. The highest BCUT2D eigenvalue weighted by atomic mass is 32.2. The molecule has 0 spiro atoms. The van der Waals surface area contributed by atoms with Crippen LogP contribution in [0.3, 0.4) is 0 Å². The van der Waals surface area contributed by atoms with Gasteiger partial charge in [0.25, 0.3) is 10.0 Å². The number of likely N-dealkylation sites (tertiary alicyclic amines) is 1. The summed E-state index contributed by atoms with van der Waals surface area (Å²) in [5.41, 5.74) is 0.609. The molecule has 1 atom stereocenters. The number of nitriles is 1. The standard InChI is InChI=1S/C25H24FN5O3S/c1-17(26)16-30-12-9-18(10-13-30)34-24-21(14-27)29-15-22-23(24)20-8-5-11-28-25(20)31(22)35(32,33)19-6-3-2-4-7-19/h2-8,11,15,17-18H,9-10,12-13,16H2,1H3. The largest absolute Gasteiger partial charge is 0.487 e. The van der Waals surface area contributed by atoms with Gasteiger partial charge in [-0.1, -0.05) is 18.2 Å². The van der Waals surface area contributed by atoms with Gasteiger partial charge in [0.1, 0.15) is 18.3 Å². The quantitative estimate of drug-likeness (QED) is 0.402. The van der Waals surface area contributed by atoms with Crippen LogP contribution in [0.4, 0.5) is 4.39 Å². The van der Waals surface area contributed by atoms with Crippen molar-refractivity contribution in [1.29, 1.82) is 5.26 Å². The van der Waals surface area contributed by atoms with E-state index in [-0.39, 0.29) is 28.1 Å². The van der Waals surface area contributed by atoms with Crippen molar-refractivity contribution >= 4 is 32.0 Å². The Kier molecular flexibility index (Phi) is 6.13. The number of piperidine rings is 1. The van der Waals surface area contributed by atoms with Crippen LogP contribution in [-0.4, -0.2) is 59.2 Å². The highest BCUT2D eigenvalue weighted by Crippen LogP contribution is 2.39. The van der Waals surface area contributed by atoms with Crippen molar-refractivity contribution in [3.63, 3.8) is 0 Å². The van der Waals surface area contributed by atoms with Crippen molar-refractivity contribution in [2.45, 2.75) is 36.9 Å². The van der Waals surface area contributed by atoms with Crippen LogP contribution in [0.2, 0.25) is 0 Å². The number of benzene rings is 1. The van der Waals surface area contributed by atoms with E-state index in [0.29, 0.717) is 48.8 Å². The maximum absolute atomic E-state index is 13.7. The molecule has 1 aliphatic heterocycles. The van der Waals surface area contributed by atoms with Gasteiger partial charge >= 0.3 is 0 Å². The molecule has 0 radical (unpaired) electrons. The lowest BCUT2D eigenvalue weighted by molar-refractivity contribution is 0.0877. The molecule has 4 aromatic rings. The number of halogens is 1. The van der Waals surface area contributed by atoms with E-state index < -0.39 is 16.2 Å². The highest BCUT2D eigenvalue weighted by molar-refractivity contribution is 7.90. The first kappa shape index (κ1) is 23.2. The van der Waals surface area contributed by atoms with Crippen LogP contribution in [0.25, 0.3) is 21.9 Å². The highest BCUT2D eigenvalue weighted by Gasteiger charge is 2.29. The minimum atomic E-state index is -4.00. The van der Waals surface area contributed by atoms with Crippen LogP contribution >= 0.6 is 0 Å². The molecule has 1 saturated heterocycles. The number of pyridine rings is 2. The van der Waals surface area contributed by atoms with E-state index in [1.807, 2.05) is 0 Å². The molecule has 0 amide bonds. The second kappa shape index (κ2) is 9.24. The molecule has 4 heterocycles. The second-order valence-electron chi connectivity index (χ2n) is 8.66. The third-order valence-electron chi connectivity index (χ3n) is 6.20. The molecule has 35 heavy (non-hydrogen) atoms. The van der Waals surface area contributed by atoms with Crippen LogP contribution in [0.15, 0.2) is 59.8 Å². The third kappa shape index (κ3) is 4.22. The van der Waals surface area contributed by atoms with E-state index in [1.165, 1.54) is 28.5 Å². The van der Waals surface area contributed by atoms with Gasteiger partial charge in [-0.15, -0.1) is 0 Å². The van der Waals surface area contributed by atoms with Gasteiger partial charge in [0.15, 0.2) is 17.1 Å². The molecule has 180 valence electrons. The predicted octanol–water partition coefficient (Wildman–Crippen LogP) is 3.89. The number of nitrogens with zero attached hydrogens (tertiary/aromatic N) is 5. The fraction of sp³-hybridized carbons (Fsp3) is 0.320. The molecule has 5 rings (SSSR count). The fourth-order valence-electron chi connectivity index (χ4n) is 4.63. The zero-order valence-corrected chi connectivity index (χ0v) is 19.9. The summed E-state index contributed by atoms with van der Waals surface area (Å²) in [6.07, 6.45) is 3.12. The maximum atomic E-state index is 13.7. The number of aromatic nitrogens is 3. The van der Waals surface area contributed by atoms with Gasteiger partial charge in [-0.2, -0.15) is 5.26 Å². The molecule has 1 aliphatic rings. The van der Waals surface area contributed by atoms with Crippen molar-refractivity contribution in [2.24, 2.45) is 0 Å². The topological polar surface area (TPSA) is 101 Å². The van der Waals surface area contributed by atoms with E-state index in [9.17, 15) is 18.1 Å². The lowest BCUT2D eigenvalue weighted by Gasteiger charge is -2.32. The summed E-state index contributed by atoms with van der Waals surface area (Å²) in [4.78, 5) is 10.8. The van der Waals surface area contributed by atoms with Crippen LogP contribution in [0, 0.1) is 11.3 Å². The van der Waals surface area contributed by atoms with Gasteiger partial charge in [-0.3, -0.25) is 0 Å². The molecule has 0 N–H and O–H groups in total. The first-order chi connectivity index (χ1) is 16.9. The Balaban J connectivity index is 1.64. The van der Waals surface area contributed by atoms with Crippen molar-refractivity contribution in [2.75, 3.05) is 19.6 Å². The van der Waals surface area contributed by atoms with E-state index in [4.69, 9.17) is 4.74 Å². The summed E-state index contributed by atoms with van der Waals surface area (Å²) in [5.74, 6) is 0.252. The zero-order chi connectivity index (χ0) is 24.6. The Hall–Kier alpha value is -3.55. The Morgan fingerprint density at radius 3 is 2.60 bits per heavy atom. The number of rotatable bonds is 6. The van der Waals surface area contributed by atoms with Gasteiger partial charge in [0.05, 0.1) is 22.0 Å². The molecule has 10 heteroatoms. The average Bonchev–Trinajstić information content (AvgIpc) is 3.21. The average molecular weight is 494 g/mol. The smallest absolute Gasteiger partial charge is 0.269 e. The molecule has 1 unspecified atom stereocenters. The van der Waals surface area contributed by atoms with Crippen LogP contribution in [0.1, 0.15) is 25.5 Å². The number of hydrogen-bond acceptors (Lipinski definition) is 7. The number of hydrogen-bond donors (Lipinski definition) is 0. The molecule has 1 fully saturated rings. The Morgan fingerprint density at radius 1 is 1.17 bits per heavy atom. The van der Waals surface area contributed by atoms with Gasteiger partial charge in [0.2, 0.25) is 0 Å². The molecule has 3 aromatic heterocycles. The van der Waals surface area contributed by atoms with Crippen molar-refractivity contribution in [3.05, 3.63) is 60.6 Å². The SMILES string of the molecule is CC(F)CN1CCC(Oc2c(C#N)ncc3c2c2cccnc2n3S(=O)(=O)c2ccccc2)CC1. The summed E-state index contributed by atoms with van der Waals surface area (Å²) in [5, 5.41) is 10.8. The van der Waals surface area contributed by atoms with Crippen LogP contribution in [-0.2, 0) is 10.0 Å². The Bertz CT molecular complexity index is 1520. The summed E-state index contributed by atoms with van der Waals surface area (Å²) < 4.78 is 48.2. The molecular weight excluding hydrogens is 469 g/mol. The lowest BCUT2D eigenvalue weighted by Crippen LogP contribution is -2.40. The number of alkyl halides is 1. The van der Waals surface area contributed by atoms with Crippen molar-refractivity contribution in [3.8, 4) is 11.8 Å². The second-order valence-corrected chi connectivity index (χ2v) is 10.5. The lowest BCUT2D eigenvalue weighted by atomic mass is 10.1. The molecule has 0 bridgehead atoms. The number of ether oxygens (including phenoxy) is 1. The fourth-order valence-corrected chi connectivity index (χ4v) is 6.12. The maximum Gasteiger partial charge on any atom is 0.269 e. The van der Waals surface area contributed by atoms with Gasteiger partial charge < -0.3 is 9.64 Å². The molecule has 0 aliphatic carbocycles. The van der Waals surface area contributed by atoms with Gasteiger partial charge in [-0.05, 0) is 44.0 Å². The van der Waals surface area contributed by atoms with E-state index in [0.717, 1.165) is 0 Å². The van der Waals surface area contributed by atoms with Crippen molar-refractivity contribution < 1.29 is 17.5 Å². The first-order valence-electron chi connectivity index (χ1n) is 11.4. The molecule has 0 saturated carbocycles. The zero-order valence-electron chi connectivity index (χ0n) is 19.1. The Morgan fingerprint density at radius 2 is 1.91 bits per heavy atom. The first-order valence-corrected chi connectivity index (χ1v) is 12.9. The summed E-state index contributed by atoms with van der Waals surface area (Å²) in [6, 6.07) is 13.7. The van der Waals surface area contributed by atoms with Gasteiger partial charge in [0, 0.05) is 31.2 Å². The summed E-state index contributed by atoms with van der Waals surface area (Å²) >= 11 is 0. The van der Waals surface area contributed by atoms with Crippen LogP contribution in [0.5, 0.6) is 5.75 Å². The number of fused-ring (bicyclic) bond motifs is 3. The van der Waals surface area contributed by atoms with E-state index in [1.54, 1.807) is 37.3 Å². The summed E-state index contributed by atoms with van der Waals surface area (Å²) in [6.45, 7) is 3.27. The van der Waals surface area contributed by atoms with Crippen molar-refractivity contribution in [1.82, 2.24) is 18.8 Å². The monoisotopic (exact) mass is 493 g/mol.